The molecule has 0 aliphatic carbocycles. The standard InChI is InChI=1S/C14H23N3O2/c1-10(2)17(13(18)19-14(3,4)5)12-7-6-11(8-15)16-9-12/h6-7,9-10H,8,15H2,1-5H3. The van der Waals surface area contributed by atoms with Gasteiger partial charge in [-0.3, -0.25) is 9.88 Å². The Morgan fingerprint density at radius 1 is 1.42 bits per heavy atom. The molecule has 0 unspecified atom stereocenters. The Hall–Kier alpha value is -1.62. The molecule has 0 aliphatic heterocycles. The Kier molecular flexibility index (Phi) is 4.89. The molecule has 1 rings (SSSR count). The summed E-state index contributed by atoms with van der Waals surface area (Å²) in [5.74, 6) is 0. The van der Waals surface area contributed by atoms with Crippen LogP contribution in [0.25, 0.3) is 0 Å². The number of anilines is 1. The summed E-state index contributed by atoms with van der Waals surface area (Å²) < 4.78 is 5.41. The minimum absolute atomic E-state index is 0.0135. The largest absolute Gasteiger partial charge is 0.443 e. The zero-order valence-electron chi connectivity index (χ0n) is 12.3. The molecule has 19 heavy (non-hydrogen) atoms. The lowest BCUT2D eigenvalue weighted by molar-refractivity contribution is 0.0570. The van der Waals surface area contributed by atoms with E-state index in [1.807, 2.05) is 46.8 Å². The van der Waals surface area contributed by atoms with Crippen LogP contribution >= 0.6 is 0 Å². The summed E-state index contributed by atoms with van der Waals surface area (Å²) in [6.07, 6.45) is 1.27. The fraction of sp³-hybridized carbons (Fsp3) is 0.571. The number of nitrogens with two attached hydrogens (primary N) is 1. The summed E-state index contributed by atoms with van der Waals surface area (Å²) in [6, 6.07) is 3.63. The van der Waals surface area contributed by atoms with Gasteiger partial charge in [0.2, 0.25) is 0 Å². The summed E-state index contributed by atoms with van der Waals surface area (Å²) in [4.78, 5) is 18.0. The number of amides is 1. The number of ether oxygens (including phenoxy) is 1. The van der Waals surface area contributed by atoms with Gasteiger partial charge in [0.05, 0.1) is 17.6 Å². The minimum Gasteiger partial charge on any atom is -0.443 e. The van der Waals surface area contributed by atoms with Crippen LogP contribution in [0.15, 0.2) is 18.3 Å². The van der Waals surface area contributed by atoms with E-state index in [1.54, 1.807) is 11.1 Å². The molecule has 0 saturated heterocycles. The Morgan fingerprint density at radius 2 is 2.05 bits per heavy atom. The maximum Gasteiger partial charge on any atom is 0.415 e. The second kappa shape index (κ2) is 6.02. The Balaban J connectivity index is 2.96. The highest BCUT2D eigenvalue weighted by Crippen LogP contribution is 2.20. The molecule has 2 N–H and O–H groups in total. The van der Waals surface area contributed by atoms with E-state index in [4.69, 9.17) is 10.5 Å². The first kappa shape index (κ1) is 15.4. The molecule has 0 fully saturated rings. The maximum atomic E-state index is 12.2. The Morgan fingerprint density at radius 3 is 2.42 bits per heavy atom. The molecule has 0 atom stereocenters. The van der Waals surface area contributed by atoms with Gasteiger partial charge in [0.25, 0.3) is 0 Å². The Bertz CT molecular complexity index is 421. The highest BCUT2D eigenvalue weighted by Gasteiger charge is 2.25. The molecule has 0 aromatic carbocycles. The first-order chi connectivity index (χ1) is 8.74. The predicted octanol–water partition coefficient (Wildman–Crippen LogP) is 2.69. The van der Waals surface area contributed by atoms with E-state index in [1.165, 1.54) is 0 Å². The highest BCUT2D eigenvalue weighted by atomic mass is 16.6. The number of aromatic nitrogens is 1. The van der Waals surface area contributed by atoms with Gasteiger partial charge >= 0.3 is 6.09 Å². The zero-order valence-corrected chi connectivity index (χ0v) is 12.3. The van der Waals surface area contributed by atoms with Crippen molar-refractivity contribution >= 4 is 11.8 Å². The molecule has 1 aromatic heterocycles. The SMILES string of the molecule is CC(C)N(C(=O)OC(C)(C)C)c1ccc(CN)nc1. The molecular formula is C14H23N3O2. The van der Waals surface area contributed by atoms with Crippen LogP contribution in [0.1, 0.15) is 40.3 Å². The third-order valence-corrected chi connectivity index (χ3v) is 2.40. The topological polar surface area (TPSA) is 68.5 Å². The van der Waals surface area contributed by atoms with Crippen molar-refractivity contribution in [3.63, 3.8) is 0 Å². The van der Waals surface area contributed by atoms with Gasteiger partial charge in [0.1, 0.15) is 5.60 Å². The van der Waals surface area contributed by atoms with Crippen LogP contribution in [0.3, 0.4) is 0 Å². The van der Waals surface area contributed by atoms with E-state index in [-0.39, 0.29) is 12.1 Å². The van der Waals surface area contributed by atoms with E-state index in [0.717, 1.165) is 5.69 Å². The van der Waals surface area contributed by atoms with Crippen LogP contribution in [0.4, 0.5) is 10.5 Å². The molecule has 106 valence electrons. The van der Waals surface area contributed by atoms with Crippen LogP contribution in [-0.4, -0.2) is 22.7 Å². The molecule has 1 aromatic rings. The summed E-state index contributed by atoms with van der Waals surface area (Å²) in [5, 5.41) is 0. The first-order valence-corrected chi connectivity index (χ1v) is 6.42. The quantitative estimate of drug-likeness (QED) is 0.912. The van der Waals surface area contributed by atoms with Crippen LogP contribution < -0.4 is 10.6 Å². The van der Waals surface area contributed by atoms with Crippen molar-refractivity contribution < 1.29 is 9.53 Å². The van der Waals surface area contributed by atoms with Gasteiger partial charge in [0.15, 0.2) is 0 Å². The van der Waals surface area contributed by atoms with Crippen molar-refractivity contribution in [2.45, 2.75) is 52.8 Å². The van der Waals surface area contributed by atoms with Crippen LogP contribution in [-0.2, 0) is 11.3 Å². The molecule has 5 heteroatoms. The average Bonchev–Trinajstić information content (AvgIpc) is 2.27. The van der Waals surface area contributed by atoms with E-state index < -0.39 is 5.60 Å². The smallest absolute Gasteiger partial charge is 0.415 e. The van der Waals surface area contributed by atoms with Gasteiger partial charge in [0, 0.05) is 12.6 Å². The summed E-state index contributed by atoms with van der Waals surface area (Å²) in [6.45, 7) is 9.79. The predicted molar refractivity (Wildman–Crippen MR) is 76.0 cm³/mol. The van der Waals surface area contributed by atoms with Crippen LogP contribution in [0, 0.1) is 0 Å². The third-order valence-electron chi connectivity index (χ3n) is 2.40. The molecule has 0 spiro atoms. The van der Waals surface area contributed by atoms with Gasteiger partial charge in [-0.1, -0.05) is 0 Å². The van der Waals surface area contributed by atoms with Crippen molar-refractivity contribution in [3.05, 3.63) is 24.0 Å². The molecule has 1 heterocycles. The number of pyridine rings is 1. The maximum absolute atomic E-state index is 12.2. The van der Waals surface area contributed by atoms with Gasteiger partial charge in [-0.2, -0.15) is 0 Å². The van der Waals surface area contributed by atoms with Crippen molar-refractivity contribution in [1.82, 2.24) is 4.98 Å². The van der Waals surface area contributed by atoms with E-state index >= 15 is 0 Å². The number of hydrogen-bond donors (Lipinski definition) is 1. The fourth-order valence-corrected chi connectivity index (χ4v) is 1.61. The minimum atomic E-state index is -0.519. The molecule has 0 aliphatic rings. The summed E-state index contributed by atoms with van der Waals surface area (Å²) in [5.41, 5.74) is 6.49. The number of hydrogen-bond acceptors (Lipinski definition) is 4. The normalized spacial score (nSPS) is 11.5. The van der Waals surface area contributed by atoms with Gasteiger partial charge in [-0.15, -0.1) is 0 Å². The Labute approximate surface area is 114 Å². The van der Waals surface area contributed by atoms with Crippen LogP contribution in [0.2, 0.25) is 0 Å². The monoisotopic (exact) mass is 265 g/mol. The first-order valence-electron chi connectivity index (χ1n) is 6.42. The number of rotatable bonds is 3. The number of nitrogens with zero attached hydrogens (tertiary/aromatic N) is 2. The second-order valence-corrected chi connectivity index (χ2v) is 5.66. The molecule has 1 amide bonds. The number of carbonyl (C=O) groups excluding carboxylic acids is 1. The summed E-state index contributed by atoms with van der Waals surface area (Å²) >= 11 is 0. The van der Waals surface area contributed by atoms with E-state index in [2.05, 4.69) is 4.98 Å². The molecular weight excluding hydrogens is 242 g/mol. The summed E-state index contributed by atoms with van der Waals surface area (Å²) in [7, 11) is 0. The van der Waals surface area contributed by atoms with Crippen molar-refractivity contribution in [2.75, 3.05) is 4.90 Å². The van der Waals surface area contributed by atoms with E-state index in [0.29, 0.717) is 12.2 Å². The van der Waals surface area contributed by atoms with E-state index in [9.17, 15) is 4.79 Å². The van der Waals surface area contributed by atoms with Gasteiger partial charge < -0.3 is 10.5 Å². The number of carbonyl (C=O) groups is 1. The van der Waals surface area contributed by atoms with Crippen molar-refractivity contribution in [3.8, 4) is 0 Å². The van der Waals surface area contributed by atoms with Gasteiger partial charge in [-0.25, -0.2) is 4.79 Å². The fourth-order valence-electron chi connectivity index (χ4n) is 1.61. The lowest BCUT2D eigenvalue weighted by Gasteiger charge is -2.29. The average molecular weight is 265 g/mol. The third kappa shape index (κ3) is 4.52. The van der Waals surface area contributed by atoms with Crippen molar-refractivity contribution in [2.24, 2.45) is 5.73 Å². The van der Waals surface area contributed by atoms with Crippen LogP contribution in [0.5, 0.6) is 0 Å². The molecule has 5 nitrogen and oxygen atoms in total. The molecule has 0 bridgehead atoms. The highest BCUT2D eigenvalue weighted by molar-refractivity contribution is 5.88. The van der Waals surface area contributed by atoms with Gasteiger partial charge in [-0.05, 0) is 46.8 Å². The molecule has 0 radical (unpaired) electrons. The zero-order chi connectivity index (χ0) is 14.6. The van der Waals surface area contributed by atoms with Crippen molar-refractivity contribution in [1.29, 1.82) is 0 Å². The lowest BCUT2D eigenvalue weighted by atomic mass is 10.2. The second-order valence-electron chi connectivity index (χ2n) is 5.66. The molecule has 0 saturated carbocycles. The lowest BCUT2D eigenvalue weighted by Crippen LogP contribution is -2.41.